The first-order valence-corrected chi connectivity index (χ1v) is 7.75. The molecule has 0 aromatic carbocycles. The maximum atomic E-state index is 5.48. The van der Waals surface area contributed by atoms with Crippen molar-refractivity contribution in [1.82, 2.24) is 4.90 Å². The lowest BCUT2D eigenvalue weighted by Gasteiger charge is -2.32. The molecular weight excluding hydrogens is 210 g/mol. The molecule has 0 aromatic heterocycles. The molecule has 2 nitrogen and oxygen atoms in total. The minimum Gasteiger partial charge on any atom is -0.381 e. The van der Waals surface area contributed by atoms with Gasteiger partial charge in [-0.05, 0) is 37.6 Å². The molecule has 1 saturated carbocycles. The number of hydrogen-bond donors (Lipinski definition) is 0. The van der Waals surface area contributed by atoms with Gasteiger partial charge in [-0.2, -0.15) is 0 Å². The molecule has 3 aliphatic rings. The van der Waals surface area contributed by atoms with E-state index in [2.05, 4.69) is 4.90 Å². The van der Waals surface area contributed by atoms with Crippen LogP contribution in [0.3, 0.4) is 0 Å². The molecule has 0 radical (unpaired) electrons. The molecule has 1 atom stereocenters. The Kier molecular flexibility index (Phi) is 4.02. The van der Waals surface area contributed by atoms with Crippen LogP contribution in [-0.2, 0) is 4.74 Å². The highest BCUT2D eigenvalue weighted by atomic mass is 16.5. The first-order chi connectivity index (χ1) is 8.43. The normalized spacial score (nSPS) is 34.2. The lowest BCUT2D eigenvalue weighted by atomic mass is 9.79. The van der Waals surface area contributed by atoms with Gasteiger partial charge >= 0.3 is 0 Å². The Labute approximate surface area is 106 Å². The maximum Gasteiger partial charge on any atom is 0.0480 e. The average molecular weight is 237 g/mol. The third-order valence-electron chi connectivity index (χ3n) is 5.28. The lowest BCUT2D eigenvalue weighted by Crippen LogP contribution is -2.38. The molecule has 0 N–H and O–H groups in total. The van der Waals surface area contributed by atoms with Gasteiger partial charge in [-0.25, -0.2) is 0 Å². The van der Waals surface area contributed by atoms with Crippen LogP contribution in [0.1, 0.15) is 51.4 Å². The Hall–Kier alpha value is -0.0800. The second-order valence-corrected chi connectivity index (χ2v) is 6.29. The molecule has 0 bridgehead atoms. The third-order valence-corrected chi connectivity index (χ3v) is 5.28. The quantitative estimate of drug-likeness (QED) is 0.732. The predicted octanol–water partition coefficient (Wildman–Crippen LogP) is 3.07. The summed E-state index contributed by atoms with van der Waals surface area (Å²) in [5, 5.41) is 0. The van der Waals surface area contributed by atoms with E-state index in [1.807, 2.05) is 0 Å². The van der Waals surface area contributed by atoms with E-state index in [1.165, 1.54) is 64.5 Å². The summed E-state index contributed by atoms with van der Waals surface area (Å²) in [6.07, 6.45) is 11.6. The van der Waals surface area contributed by atoms with Gasteiger partial charge < -0.3 is 4.74 Å². The van der Waals surface area contributed by atoms with Gasteiger partial charge in [0.1, 0.15) is 0 Å². The number of nitrogens with zero attached hydrogens (tertiary/aromatic N) is 1. The summed E-state index contributed by atoms with van der Waals surface area (Å²) < 4.78 is 5.48. The van der Waals surface area contributed by atoms with Crippen molar-refractivity contribution in [2.24, 2.45) is 11.8 Å². The van der Waals surface area contributed by atoms with E-state index in [9.17, 15) is 0 Å². The van der Waals surface area contributed by atoms with E-state index < -0.39 is 0 Å². The fraction of sp³-hybridized carbons (Fsp3) is 1.00. The molecule has 1 aliphatic carbocycles. The van der Waals surface area contributed by atoms with Crippen LogP contribution in [-0.4, -0.2) is 37.2 Å². The summed E-state index contributed by atoms with van der Waals surface area (Å²) in [5.41, 5.74) is 0. The van der Waals surface area contributed by atoms with Crippen molar-refractivity contribution in [2.45, 2.75) is 57.4 Å². The second kappa shape index (κ2) is 5.71. The van der Waals surface area contributed by atoms with Crippen molar-refractivity contribution in [3.05, 3.63) is 0 Å². The van der Waals surface area contributed by atoms with E-state index in [0.29, 0.717) is 0 Å². The van der Waals surface area contributed by atoms with Crippen molar-refractivity contribution in [2.75, 3.05) is 26.3 Å². The molecule has 1 unspecified atom stereocenters. The van der Waals surface area contributed by atoms with Crippen LogP contribution in [0, 0.1) is 11.8 Å². The number of ether oxygens (including phenoxy) is 1. The highest BCUT2D eigenvalue weighted by molar-refractivity contribution is 4.86. The maximum absolute atomic E-state index is 5.48. The highest BCUT2D eigenvalue weighted by Gasteiger charge is 2.33. The Bertz CT molecular complexity index is 207. The Morgan fingerprint density at radius 3 is 2.29 bits per heavy atom. The first kappa shape index (κ1) is 12.0. The molecular formula is C15H27NO. The average Bonchev–Trinajstić information content (AvgIpc) is 2.90. The SMILES string of the molecule is C1CCC(C2CCN(C3CCOCC3)C2)CC1. The standard InChI is InChI=1S/C15H27NO/c1-2-4-13(5-3-1)14-6-9-16(12-14)15-7-10-17-11-8-15/h13-15H,1-12H2. The van der Waals surface area contributed by atoms with Gasteiger partial charge in [0.25, 0.3) is 0 Å². The molecule has 3 rings (SSSR count). The van der Waals surface area contributed by atoms with Gasteiger partial charge in [-0.15, -0.1) is 0 Å². The predicted molar refractivity (Wildman–Crippen MR) is 70.1 cm³/mol. The minimum atomic E-state index is 0.845. The van der Waals surface area contributed by atoms with E-state index in [1.54, 1.807) is 0 Å². The van der Waals surface area contributed by atoms with E-state index in [4.69, 9.17) is 4.74 Å². The fourth-order valence-electron chi connectivity index (χ4n) is 4.19. The van der Waals surface area contributed by atoms with Crippen LogP contribution in [0.4, 0.5) is 0 Å². The summed E-state index contributed by atoms with van der Waals surface area (Å²) >= 11 is 0. The van der Waals surface area contributed by atoms with Gasteiger partial charge in [-0.3, -0.25) is 4.90 Å². The molecule has 2 saturated heterocycles. The summed E-state index contributed by atoms with van der Waals surface area (Å²) in [6, 6.07) is 0.845. The van der Waals surface area contributed by atoms with Crippen LogP contribution >= 0.6 is 0 Å². The van der Waals surface area contributed by atoms with Gasteiger partial charge in [0.05, 0.1) is 0 Å². The Balaban J connectivity index is 1.50. The van der Waals surface area contributed by atoms with E-state index in [-0.39, 0.29) is 0 Å². The molecule has 0 aromatic rings. The van der Waals surface area contributed by atoms with Crippen LogP contribution in [0.5, 0.6) is 0 Å². The molecule has 2 heterocycles. The zero-order valence-corrected chi connectivity index (χ0v) is 11.1. The molecule has 3 fully saturated rings. The molecule has 2 heteroatoms. The van der Waals surface area contributed by atoms with Crippen molar-refractivity contribution in [3.63, 3.8) is 0 Å². The summed E-state index contributed by atoms with van der Waals surface area (Å²) in [7, 11) is 0. The van der Waals surface area contributed by atoms with Crippen LogP contribution < -0.4 is 0 Å². The number of likely N-dealkylation sites (tertiary alicyclic amines) is 1. The molecule has 0 spiro atoms. The van der Waals surface area contributed by atoms with Gasteiger partial charge in [-0.1, -0.05) is 32.1 Å². The zero-order valence-electron chi connectivity index (χ0n) is 11.1. The number of hydrogen-bond acceptors (Lipinski definition) is 2. The second-order valence-electron chi connectivity index (χ2n) is 6.29. The minimum absolute atomic E-state index is 0.845. The third kappa shape index (κ3) is 2.85. The van der Waals surface area contributed by atoms with Crippen molar-refractivity contribution in [3.8, 4) is 0 Å². The summed E-state index contributed by atoms with van der Waals surface area (Å²) in [4.78, 5) is 2.78. The van der Waals surface area contributed by atoms with Crippen LogP contribution in [0.15, 0.2) is 0 Å². The molecule has 2 aliphatic heterocycles. The summed E-state index contributed by atoms with van der Waals surface area (Å²) in [6.45, 7) is 4.76. The highest BCUT2D eigenvalue weighted by Crippen LogP contribution is 2.36. The summed E-state index contributed by atoms with van der Waals surface area (Å²) in [5.74, 6) is 2.09. The zero-order chi connectivity index (χ0) is 11.5. The van der Waals surface area contributed by atoms with Crippen LogP contribution in [0.2, 0.25) is 0 Å². The fourth-order valence-corrected chi connectivity index (χ4v) is 4.19. The number of rotatable bonds is 2. The lowest BCUT2D eigenvalue weighted by molar-refractivity contribution is 0.0398. The largest absolute Gasteiger partial charge is 0.381 e. The molecule has 17 heavy (non-hydrogen) atoms. The monoisotopic (exact) mass is 237 g/mol. The van der Waals surface area contributed by atoms with Crippen LogP contribution in [0.25, 0.3) is 0 Å². The van der Waals surface area contributed by atoms with Gasteiger partial charge in [0.15, 0.2) is 0 Å². The van der Waals surface area contributed by atoms with E-state index in [0.717, 1.165) is 31.1 Å². The molecule has 98 valence electrons. The van der Waals surface area contributed by atoms with Gasteiger partial charge in [0, 0.05) is 25.8 Å². The van der Waals surface area contributed by atoms with E-state index >= 15 is 0 Å². The van der Waals surface area contributed by atoms with Crippen molar-refractivity contribution < 1.29 is 4.74 Å². The Morgan fingerprint density at radius 2 is 1.53 bits per heavy atom. The molecule has 0 amide bonds. The Morgan fingerprint density at radius 1 is 0.765 bits per heavy atom. The smallest absolute Gasteiger partial charge is 0.0480 e. The van der Waals surface area contributed by atoms with Crippen molar-refractivity contribution in [1.29, 1.82) is 0 Å². The first-order valence-electron chi connectivity index (χ1n) is 7.75. The van der Waals surface area contributed by atoms with Gasteiger partial charge in [0.2, 0.25) is 0 Å². The topological polar surface area (TPSA) is 12.5 Å². The van der Waals surface area contributed by atoms with Crippen molar-refractivity contribution >= 4 is 0 Å².